The molecule has 1 aliphatic heterocycles. The summed E-state index contributed by atoms with van der Waals surface area (Å²) in [6.45, 7) is 1.78. The number of carbonyl (C=O) groups is 1. The van der Waals surface area contributed by atoms with Crippen molar-refractivity contribution in [2.24, 2.45) is 5.92 Å². The van der Waals surface area contributed by atoms with E-state index in [-0.39, 0.29) is 11.8 Å². The number of carbonyl (C=O) groups excluding carboxylic acids is 1. The van der Waals surface area contributed by atoms with Crippen LogP contribution in [0.15, 0.2) is 16.8 Å². The molecule has 2 rings (SSSR count). The zero-order valence-electron chi connectivity index (χ0n) is 7.25. The van der Waals surface area contributed by atoms with Crippen molar-refractivity contribution in [3.63, 3.8) is 0 Å². The van der Waals surface area contributed by atoms with Crippen LogP contribution in [0.2, 0.25) is 0 Å². The average Bonchev–Trinajstić information content (AvgIpc) is 2.74. The summed E-state index contributed by atoms with van der Waals surface area (Å²) < 4.78 is 0. The smallest absolute Gasteiger partial charge is 0.228 e. The Morgan fingerprint density at radius 1 is 1.69 bits per heavy atom. The number of thiophene rings is 1. The molecule has 0 aliphatic carbocycles. The van der Waals surface area contributed by atoms with E-state index in [4.69, 9.17) is 0 Å². The van der Waals surface area contributed by atoms with Gasteiger partial charge < -0.3 is 10.6 Å². The number of anilines is 1. The van der Waals surface area contributed by atoms with E-state index in [9.17, 15) is 4.79 Å². The van der Waals surface area contributed by atoms with E-state index < -0.39 is 0 Å². The van der Waals surface area contributed by atoms with Crippen LogP contribution >= 0.6 is 11.3 Å². The van der Waals surface area contributed by atoms with Crippen LogP contribution in [-0.4, -0.2) is 19.0 Å². The van der Waals surface area contributed by atoms with Gasteiger partial charge in [0.1, 0.15) is 0 Å². The third-order valence-electron chi connectivity index (χ3n) is 2.22. The molecule has 1 fully saturated rings. The molecular weight excluding hydrogens is 184 g/mol. The minimum Gasteiger partial charge on any atom is -0.325 e. The number of amides is 1. The summed E-state index contributed by atoms with van der Waals surface area (Å²) in [6, 6.07) is 1.92. The maximum atomic E-state index is 11.6. The van der Waals surface area contributed by atoms with E-state index in [0.717, 1.165) is 25.2 Å². The van der Waals surface area contributed by atoms with E-state index in [0.29, 0.717) is 0 Å². The van der Waals surface area contributed by atoms with Crippen LogP contribution in [-0.2, 0) is 4.79 Å². The maximum Gasteiger partial charge on any atom is 0.228 e. The third kappa shape index (κ3) is 2.08. The predicted molar refractivity (Wildman–Crippen MR) is 53.9 cm³/mol. The van der Waals surface area contributed by atoms with E-state index in [1.807, 2.05) is 16.8 Å². The maximum absolute atomic E-state index is 11.6. The van der Waals surface area contributed by atoms with Gasteiger partial charge in [0.25, 0.3) is 0 Å². The molecule has 3 nitrogen and oxygen atoms in total. The summed E-state index contributed by atoms with van der Waals surface area (Å²) in [4.78, 5) is 11.6. The first-order chi connectivity index (χ1) is 6.36. The van der Waals surface area contributed by atoms with Gasteiger partial charge in [-0.1, -0.05) is 0 Å². The molecule has 1 aromatic heterocycles. The Labute approximate surface area is 81.2 Å². The van der Waals surface area contributed by atoms with Gasteiger partial charge in [-0.2, -0.15) is 11.3 Å². The second kappa shape index (κ2) is 3.89. The normalized spacial score (nSPS) is 21.7. The van der Waals surface area contributed by atoms with Crippen molar-refractivity contribution >= 4 is 22.9 Å². The molecule has 13 heavy (non-hydrogen) atoms. The zero-order chi connectivity index (χ0) is 9.10. The van der Waals surface area contributed by atoms with Gasteiger partial charge in [0, 0.05) is 11.9 Å². The van der Waals surface area contributed by atoms with Crippen molar-refractivity contribution in [1.82, 2.24) is 5.32 Å². The highest BCUT2D eigenvalue weighted by molar-refractivity contribution is 7.08. The second-order valence-corrected chi connectivity index (χ2v) is 3.97. The molecular formula is C9H12N2OS. The molecule has 1 aromatic rings. The standard InChI is InChI=1S/C9H12N2OS/c12-9(7-1-3-10-5-7)11-8-2-4-13-6-8/h2,4,6-7,10H,1,3,5H2,(H,11,12). The molecule has 0 saturated carbocycles. The van der Waals surface area contributed by atoms with Crippen molar-refractivity contribution < 1.29 is 4.79 Å². The Morgan fingerprint density at radius 2 is 2.62 bits per heavy atom. The molecule has 1 unspecified atom stereocenters. The number of rotatable bonds is 2. The quantitative estimate of drug-likeness (QED) is 0.748. The van der Waals surface area contributed by atoms with E-state index in [1.54, 1.807) is 11.3 Å². The molecule has 0 bridgehead atoms. The minimum absolute atomic E-state index is 0.142. The van der Waals surface area contributed by atoms with Gasteiger partial charge in [-0.05, 0) is 24.4 Å². The van der Waals surface area contributed by atoms with Crippen molar-refractivity contribution in [3.8, 4) is 0 Å². The molecule has 2 N–H and O–H groups in total. The van der Waals surface area contributed by atoms with Gasteiger partial charge in [-0.25, -0.2) is 0 Å². The monoisotopic (exact) mass is 196 g/mol. The van der Waals surface area contributed by atoms with Gasteiger partial charge in [-0.15, -0.1) is 0 Å². The SMILES string of the molecule is O=C(Nc1ccsc1)C1CCNC1. The highest BCUT2D eigenvalue weighted by Crippen LogP contribution is 2.15. The first-order valence-electron chi connectivity index (χ1n) is 4.40. The summed E-state index contributed by atoms with van der Waals surface area (Å²) in [5, 5.41) is 9.98. The molecule has 70 valence electrons. The summed E-state index contributed by atoms with van der Waals surface area (Å²) in [6.07, 6.45) is 0.954. The molecule has 0 radical (unpaired) electrons. The van der Waals surface area contributed by atoms with Crippen molar-refractivity contribution in [3.05, 3.63) is 16.8 Å². The molecule has 1 amide bonds. The number of hydrogen-bond acceptors (Lipinski definition) is 3. The number of nitrogens with one attached hydrogen (secondary N) is 2. The Morgan fingerprint density at radius 3 is 3.23 bits per heavy atom. The topological polar surface area (TPSA) is 41.1 Å². The summed E-state index contributed by atoms with van der Waals surface area (Å²) in [5.74, 6) is 0.295. The average molecular weight is 196 g/mol. The molecule has 2 heterocycles. The Bertz CT molecular complexity index is 278. The van der Waals surface area contributed by atoms with Crippen LogP contribution in [0, 0.1) is 5.92 Å². The lowest BCUT2D eigenvalue weighted by Crippen LogP contribution is -2.24. The van der Waals surface area contributed by atoms with Crippen molar-refractivity contribution in [2.45, 2.75) is 6.42 Å². The summed E-state index contributed by atoms with van der Waals surface area (Å²) in [5.41, 5.74) is 0.918. The summed E-state index contributed by atoms with van der Waals surface area (Å²) in [7, 11) is 0. The van der Waals surface area contributed by atoms with Gasteiger partial charge in [0.15, 0.2) is 0 Å². The van der Waals surface area contributed by atoms with Crippen LogP contribution in [0.25, 0.3) is 0 Å². The fourth-order valence-corrected chi connectivity index (χ4v) is 2.05. The largest absolute Gasteiger partial charge is 0.325 e. The van der Waals surface area contributed by atoms with Gasteiger partial charge in [0.2, 0.25) is 5.91 Å². The van der Waals surface area contributed by atoms with Crippen LogP contribution < -0.4 is 10.6 Å². The molecule has 0 spiro atoms. The fraction of sp³-hybridized carbons (Fsp3) is 0.444. The van der Waals surface area contributed by atoms with Crippen molar-refractivity contribution in [1.29, 1.82) is 0 Å². The Balaban J connectivity index is 1.91. The third-order valence-corrected chi connectivity index (χ3v) is 2.90. The molecule has 4 heteroatoms. The van der Waals surface area contributed by atoms with Gasteiger partial charge >= 0.3 is 0 Å². The van der Waals surface area contributed by atoms with Crippen molar-refractivity contribution in [2.75, 3.05) is 18.4 Å². The lowest BCUT2D eigenvalue weighted by molar-refractivity contribution is -0.119. The predicted octanol–water partition coefficient (Wildman–Crippen LogP) is 1.30. The lowest BCUT2D eigenvalue weighted by Gasteiger charge is -2.07. The van der Waals surface area contributed by atoms with Gasteiger partial charge in [-0.3, -0.25) is 4.79 Å². The minimum atomic E-state index is 0.142. The van der Waals surface area contributed by atoms with Crippen LogP contribution in [0.4, 0.5) is 5.69 Å². The lowest BCUT2D eigenvalue weighted by atomic mass is 10.1. The van der Waals surface area contributed by atoms with E-state index >= 15 is 0 Å². The second-order valence-electron chi connectivity index (χ2n) is 3.19. The van der Waals surface area contributed by atoms with Crippen LogP contribution in [0.1, 0.15) is 6.42 Å². The Hall–Kier alpha value is -0.870. The highest BCUT2D eigenvalue weighted by atomic mass is 32.1. The molecule has 1 atom stereocenters. The van der Waals surface area contributed by atoms with Gasteiger partial charge in [0.05, 0.1) is 11.6 Å². The van der Waals surface area contributed by atoms with Crippen LogP contribution in [0.5, 0.6) is 0 Å². The Kier molecular flexibility index (Phi) is 2.61. The van der Waals surface area contributed by atoms with E-state index in [2.05, 4.69) is 10.6 Å². The number of hydrogen-bond donors (Lipinski definition) is 2. The molecule has 0 aromatic carbocycles. The first-order valence-corrected chi connectivity index (χ1v) is 5.34. The summed E-state index contributed by atoms with van der Waals surface area (Å²) >= 11 is 1.59. The zero-order valence-corrected chi connectivity index (χ0v) is 8.06. The molecule has 1 saturated heterocycles. The van der Waals surface area contributed by atoms with E-state index in [1.165, 1.54) is 0 Å². The fourth-order valence-electron chi connectivity index (χ4n) is 1.46. The highest BCUT2D eigenvalue weighted by Gasteiger charge is 2.22. The first kappa shape index (κ1) is 8.72. The van der Waals surface area contributed by atoms with Crippen LogP contribution in [0.3, 0.4) is 0 Å². The molecule has 1 aliphatic rings.